The molecule has 0 amide bonds. The number of pyridine rings is 1. The number of aliphatic hydroxyl groups is 1. The first-order valence-corrected chi connectivity index (χ1v) is 10.1. The summed E-state index contributed by atoms with van der Waals surface area (Å²) in [5, 5.41) is 10.6. The van der Waals surface area contributed by atoms with Crippen LogP contribution in [-0.4, -0.2) is 19.6 Å². The predicted molar refractivity (Wildman–Crippen MR) is 115 cm³/mol. The lowest BCUT2D eigenvalue weighted by Gasteiger charge is -2.14. The Morgan fingerprint density at radius 3 is 2.93 bits per heavy atom. The molecule has 0 saturated carbocycles. The van der Waals surface area contributed by atoms with E-state index in [0.717, 1.165) is 12.0 Å². The van der Waals surface area contributed by atoms with E-state index in [1.807, 2.05) is 25.2 Å². The maximum Gasteiger partial charge on any atom is 0.353 e. The fraction of sp³-hybridized carbons (Fsp3) is 0.0952. The number of rotatable bonds is 3. The van der Waals surface area contributed by atoms with Crippen LogP contribution in [0.3, 0.4) is 0 Å². The SMILES string of the molecule is CC1C=CC=C1Oc1ccc(-n2c(=O)nc3c(=CO)sc4nccc2c43)c(Cl)c1. The van der Waals surface area contributed by atoms with E-state index in [1.54, 1.807) is 30.5 Å². The molecule has 5 rings (SSSR count). The summed E-state index contributed by atoms with van der Waals surface area (Å²) in [5.74, 6) is 1.63. The van der Waals surface area contributed by atoms with Crippen LogP contribution < -0.4 is 15.0 Å². The van der Waals surface area contributed by atoms with Crippen molar-refractivity contribution in [2.45, 2.75) is 6.92 Å². The van der Waals surface area contributed by atoms with Gasteiger partial charge in [0.25, 0.3) is 0 Å². The molecule has 1 N–H and O–H groups in total. The van der Waals surface area contributed by atoms with Crippen LogP contribution in [-0.2, 0) is 0 Å². The van der Waals surface area contributed by atoms with Crippen molar-refractivity contribution in [2.75, 3.05) is 0 Å². The highest BCUT2D eigenvalue weighted by Gasteiger charge is 2.18. The van der Waals surface area contributed by atoms with Crippen LogP contribution >= 0.6 is 22.9 Å². The molecule has 3 heterocycles. The lowest BCUT2D eigenvalue weighted by Crippen LogP contribution is -2.23. The maximum absolute atomic E-state index is 12.9. The predicted octanol–water partition coefficient (Wildman–Crippen LogP) is 4.13. The first-order chi connectivity index (χ1) is 14.1. The van der Waals surface area contributed by atoms with Crippen molar-refractivity contribution in [1.29, 1.82) is 0 Å². The third-order valence-corrected chi connectivity index (χ3v) is 6.16. The summed E-state index contributed by atoms with van der Waals surface area (Å²) >= 11 is 7.81. The van der Waals surface area contributed by atoms with Crippen molar-refractivity contribution in [3.05, 3.63) is 74.5 Å². The summed E-state index contributed by atoms with van der Waals surface area (Å²) in [6, 6.07) is 6.93. The molecule has 0 spiro atoms. The van der Waals surface area contributed by atoms with E-state index in [4.69, 9.17) is 16.3 Å². The van der Waals surface area contributed by atoms with Gasteiger partial charge in [-0.25, -0.2) is 9.78 Å². The molecule has 1 aromatic carbocycles. The molecule has 1 atom stereocenters. The summed E-state index contributed by atoms with van der Waals surface area (Å²) in [7, 11) is 0. The van der Waals surface area contributed by atoms with Gasteiger partial charge in [-0.15, -0.1) is 11.3 Å². The first kappa shape index (κ1) is 17.9. The Balaban J connectivity index is 1.67. The monoisotopic (exact) mass is 423 g/mol. The standard InChI is InChI=1S/C21H14ClN3O3S/c1-11-3-2-4-16(11)28-12-5-6-14(13(22)9-12)25-15-7-8-23-20-18(15)19(24-21(25)27)17(10-26)29-20/h2-11,26H,1H3. The molecular formula is C21H14ClN3O3S. The molecular weight excluding hydrogens is 410 g/mol. The zero-order chi connectivity index (χ0) is 20.1. The molecule has 0 aliphatic heterocycles. The largest absolute Gasteiger partial charge is 0.514 e. The lowest BCUT2D eigenvalue weighted by molar-refractivity contribution is 0.386. The summed E-state index contributed by atoms with van der Waals surface area (Å²) < 4.78 is 7.87. The fourth-order valence-electron chi connectivity index (χ4n) is 3.43. The highest BCUT2D eigenvalue weighted by molar-refractivity contribution is 7.17. The summed E-state index contributed by atoms with van der Waals surface area (Å²) in [4.78, 5) is 22.0. The first-order valence-electron chi connectivity index (χ1n) is 8.87. The molecule has 0 fully saturated rings. The zero-order valence-corrected chi connectivity index (χ0v) is 16.7. The zero-order valence-electron chi connectivity index (χ0n) is 15.2. The summed E-state index contributed by atoms with van der Waals surface area (Å²) in [6.07, 6.45) is 8.49. The van der Waals surface area contributed by atoms with E-state index in [0.29, 0.717) is 42.2 Å². The Kier molecular flexibility index (Phi) is 4.15. The minimum Gasteiger partial charge on any atom is -0.514 e. The van der Waals surface area contributed by atoms with Crippen molar-refractivity contribution in [2.24, 2.45) is 5.92 Å². The quantitative estimate of drug-likeness (QED) is 0.536. The summed E-state index contributed by atoms with van der Waals surface area (Å²) in [6.45, 7) is 2.05. The van der Waals surface area contributed by atoms with Gasteiger partial charge >= 0.3 is 5.69 Å². The number of aliphatic hydroxyl groups excluding tert-OH is 1. The van der Waals surface area contributed by atoms with Gasteiger partial charge in [-0.3, -0.25) is 4.57 Å². The van der Waals surface area contributed by atoms with Crippen LogP contribution in [0.5, 0.6) is 5.75 Å². The number of halogens is 1. The van der Waals surface area contributed by atoms with Crippen molar-refractivity contribution in [3.8, 4) is 11.4 Å². The highest BCUT2D eigenvalue weighted by atomic mass is 35.5. The van der Waals surface area contributed by atoms with E-state index >= 15 is 0 Å². The van der Waals surface area contributed by atoms with Crippen LogP contribution in [0, 0.1) is 5.92 Å². The van der Waals surface area contributed by atoms with E-state index in [1.165, 1.54) is 15.9 Å². The second-order valence-electron chi connectivity index (χ2n) is 6.64. The Bertz CT molecular complexity index is 1450. The molecule has 6 nitrogen and oxygen atoms in total. The normalized spacial score (nSPS) is 16.8. The molecule has 144 valence electrons. The highest BCUT2D eigenvalue weighted by Crippen LogP contribution is 2.31. The topological polar surface area (TPSA) is 77.2 Å². The van der Waals surface area contributed by atoms with Gasteiger partial charge in [0.2, 0.25) is 0 Å². The number of ether oxygens (including phenoxy) is 1. The second kappa shape index (κ2) is 6.72. The average Bonchev–Trinajstić information content (AvgIpc) is 3.27. The van der Waals surface area contributed by atoms with Gasteiger partial charge in [0.1, 0.15) is 21.9 Å². The second-order valence-corrected chi connectivity index (χ2v) is 8.08. The minimum atomic E-state index is -0.488. The number of allylic oxidation sites excluding steroid dienone is 3. The Morgan fingerprint density at radius 2 is 2.21 bits per heavy atom. The van der Waals surface area contributed by atoms with Crippen LogP contribution in [0.1, 0.15) is 6.92 Å². The minimum absolute atomic E-state index is 0.204. The Labute approximate surface area is 173 Å². The number of aromatic nitrogens is 3. The van der Waals surface area contributed by atoms with E-state index in [2.05, 4.69) is 9.97 Å². The smallest absolute Gasteiger partial charge is 0.353 e. The molecule has 8 heteroatoms. The molecule has 3 aromatic heterocycles. The average molecular weight is 424 g/mol. The molecule has 1 unspecified atom stereocenters. The molecule has 0 bridgehead atoms. The Hall–Kier alpha value is -3.16. The fourth-order valence-corrected chi connectivity index (χ4v) is 4.61. The molecule has 0 radical (unpaired) electrons. The van der Waals surface area contributed by atoms with Crippen molar-refractivity contribution in [1.82, 2.24) is 14.5 Å². The van der Waals surface area contributed by atoms with Crippen molar-refractivity contribution in [3.63, 3.8) is 0 Å². The molecule has 1 aliphatic carbocycles. The number of hydrogen-bond donors (Lipinski definition) is 1. The van der Waals surface area contributed by atoms with Crippen molar-refractivity contribution < 1.29 is 9.84 Å². The van der Waals surface area contributed by atoms with Gasteiger partial charge in [-0.1, -0.05) is 30.7 Å². The number of thiophene rings is 1. The van der Waals surface area contributed by atoms with Gasteiger partial charge in [-0.05, 0) is 24.3 Å². The van der Waals surface area contributed by atoms with Gasteiger partial charge in [0.15, 0.2) is 0 Å². The van der Waals surface area contributed by atoms with Crippen LogP contribution in [0.15, 0.2) is 59.2 Å². The van der Waals surface area contributed by atoms with Gasteiger partial charge < -0.3 is 9.84 Å². The molecule has 4 aromatic rings. The van der Waals surface area contributed by atoms with Crippen LogP contribution in [0.4, 0.5) is 0 Å². The van der Waals surface area contributed by atoms with Crippen LogP contribution in [0.25, 0.3) is 33.2 Å². The molecule has 29 heavy (non-hydrogen) atoms. The maximum atomic E-state index is 12.9. The molecule has 1 aliphatic rings. The van der Waals surface area contributed by atoms with E-state index in [9.17, 15) is 9.90 Å². The number of benzene rings is 1. The third-order valence-electron chi connectivity index (χ3n) is 4.83. The Morgan fingerprint density at radius 1 is 1.34 bits per heavy atom. The van der Waals surface area contributed by atoms with E-state index < -0.39 is 5.69 Å². The summed E-state index contributed by atoms with van der Waals surface area (Å²) in [5.41, 5.74) is 1.07. The van der Waals surface area contributed by atoms with Gasteiger partial charge in [0, 0.05) is 18.2 Å². The van der Waals surface area contributed by atoms with Crippen LogP contribution in [0.2, 0.25) is 5.02 Å². The third kappa shape index (κ3) is 2.82. The lowest BCUT2D eigenvalue weighted by atomic mass is 10.2. The molecule has 0 saturated heterocycles. The number of hydrogen-bond acceptors (Lipinski definition) is 6. The van der Waals surface area contributed by atoms with Crippen molar-refractivity contribution >= 4 is 50.4 Å². The number of nitrogens with zero attached hydrogens (tertiary/aromatic N) is 3. The van der Waals surface area contributed by atoms with Gasteiger partial charge in [0.05, 0.1) is 32.4 Å². The van der Waals surface area contributed by atoms with E-state index in [-0.39, 0.29) is 5.92 Å². The van der Waals surface area contributed by atoms with Gasteiger partial charge in [-0.2, -0.15) is 4.98 Å².